The molecule has 1 aromatic rings. The van der Waals surface area contributed by atoms with E-state index in [0.29, 0.717) is 5.92 Å². The lowest BCUT2D eigenvalue weighted by Crippen LogP contribution is -2.54. The summed E-state index contributed by atoms with van der Waals surface area (Å²) in [5, 5.41) is 9.91. The number of carbonyl (C=O) groups excluding carboxylic acids is 1. The van der Waals surface area contributed by atoms with E-state index in [1.807, 2.05) is 13.0 Å². The van der Waals surface area contributed by atoms with Crippen LogP contribution in [0.15, 0.2) is 30.3 Å². The highest BCUT2D eigenvalue weighted by Crippen LogP contribution is 2.60. The van der Waals surface area contributed by atoms with Crippen LogP contribution in [0.5, 0.6) is 0 Å². The van der Waals surface area contributed by atoms with Crippen LogP contribution in [0.3, 0.4) is 0 Å². The molecule has 1 amide bonds. The van der Waals surface area contributed by atoms with Gasteiger partial charge in [-0.15, -0.1) is 0 Å². The average Bonchev–Trinajstić information content (AvgIpc) is 2.46. The van der Waals surface area contributed by atoms with Crippen LogP contribution in [0.4, 0.5) is 0 Å². The third kappa shape index (κ3) is 2.45. The van der Waals surface area contributed by atoms with Gasteiger partial charge >= 0.3 is 0 Å². The lowest BCUT2D eigenvalue weighted by Gasteiger charge is -2.57. The standard InChI is InChI=1S/C19H27NO2/c1-17(13-21)8-14-9-18(2,16(20)22)12-19(10-14,11-17)15-6-4-3-5-7-15/h3-7,14,21H,8-13H2,1-2H3,(H2,20,22). The number of benzene rings is 1. The van der Waals surface area contributed by atoms with E-state index in [0.717, 1.165) is 32.1 Å². The number of fused-ring (bicyclic) bond motifs is 2. The Bertz CT molecular complexity index is 572. The summed E-state index contributed by atoms with van der Waals surface area (Å²) in [6.07, 6.45) is 4.67. The number of aliphatic hydroxyl groups is 1. The summed E-state index contributed by atoms with van der Waals surface area (Å²) in [6, 6.07) is 10.5. The number of primary amides is 1. The molecule has 2 bridgehead atoms. The van der Waals surface area contributed by atoms with E-state index >= 15 is 0 Å². The Labute approximate surface area is 132 Å². The molecule has 0 saturated heterocycles. The fourth-order valence-corrected chi connectivity index (χ4v) is 5.44. The highest BCUT2D eigenvalue weighted by Gasteiger charge is 2.55. The van der Waals surface area contributed by atoms with Crippen molar-refractivity contribution in [3.05, 3.63) is 35.9 Å². The molecule has 3 heteroatoms. The predicted octanol–water partition coefficient (Wildman–Crippen LogP) is 3.01. The van der Waals surface area contributed by atoms with Gasteiger partial charge in [0.2, 0.25) is 5.91 Å². The van der Waals surface area contributed by atoms with Crippen molar-refractivity contribution < 1.29 is 9.90 Å². The van der Waals surface area contributed by atoms with E-state index in [1.165, 1.54) is 5.56 Å². The zero-order chi connectivity index (χ0) is 16.0. The maximum absolute atomic E-state index is 12.1. The smallest absolute Gasteiger partial charge is 0.223 e. The summed E-state index contributed by atoms with van der Waals surface area (Å²) in [5.41, 5.74) is 6.52. The van der Waals surface area contributed by atoms with Crippen LogP contribution < -0.4 is 5.73 Å². The van der Waals surface area contributed by atoms with Crippen molar-refractivity contribution in [2.45, 2.75) is 51.4 Å². The Morgan fingerprint density at radius 3 is 2.45 bits per heavy atom. The molecule has 22 heavy (non-hydrogen) atoms. The van der Waals surface area contributed by atoms with Gasteiger partial charge in [-0.05, 0) is 54.4 Å². The van der Waals surface area contributed by atoms with Crippen molar-refractivity contribution in [3.8, 4) is 0 Å². The Hall–Kier alpha value is -1.35. The van der Waals surface area contributed by atoms with Crippen molar-refractivity contribution in [2.24, 2.45) is 22.5 Å². The van der Waals surface area contributed by atoms with Crippen molar-refractivity contribution in [1.82, 2.24) is 0 Å². The molecule has 4 atom stereocenters. The molecule has 120 valence electrons. The van der Waals surface area contributed by atoms with Gasteiger partial charge < -0.3 is 10.8 Å². The molecule has 0 aliphatic heterocycles. The molecule has 0 radical (unpaired) electrons. The minimum atomic E-state index is -0.435. The first-order valence-corrected chi connectivity index (χ1v) is 8.27. The second kappa shape index (κ2) is 5.09. The van der Waals surface area contributed by atoms with Gasteiger partial charge in [0.1, 0.15) is 0 Å². The average molecular weight is 301 g/mol. The van der Waals surface area contributed by atoms with E-state index in [9.17, 15) is 9.90 Å². The predicted molar refractivity (Wildman–Crippen MR) is 87.2 cm³/mol. The fraction of sp³-hybridized carbons (Fsp3) is 0.632. The van der Waals surface area contributed by atoms with E-state index in [1.54, 1.807) is 0 Å². The summed E-state index contributed by atoms with van der Waals surface area (Å²) >= 11 is 0. The molecule has 4 unspecified atom stereocenters. The van der Waals surface area contributed by atoms with Crippen molar-refractivity contribution in [3.63, 3.8) is 0 Å². The molecule has 3 N–H and O–H groups in total. The normalized spacial score (nSPS) is 41.1. The second-order valence-corrected chi connectivity index (χ2v) is 8.37. The van der Waals surface area contributed by atoms with Crippen LogP contribution in [0.1, 0.15) is 51.5 Å². The quantitative estimate of drug-likeness (QED) is 0.901. The second-order valence-electron chi connectivity index (χ2n) is 8.37. The maximum Gasteiger partial charge on any atom is 0.223 e. The van der Waals surface area contributed by atoms with E-state index in [-0.39, 0.29) is 23.3 Å². The molecule has 3 nitrogen and oxygen atoms in total. The molecular weight excluding hydrogens is 274 g/mol. The molecule has 0 heterocycles. The monoisotopic (exact) mass is 301 g/mol. The Morgan fingerprint density at radius 1 is 1.18 bits per heavy atom. The molecule has 1 aromatic carbocycles. The first kappa shape index (κ1) is 15.5. The Balaban J connectivity index is 2.07. The minimum absolute atomic E-state index is 0.0380. The van der Waals surface area contributed by atoms with Crippen molar-refractivity contribution >= 4 is 5.91 Å². The number of amides is 1. The molecule has 2 fully saturated rings. The minimum Gasteiger partial charge on any atom is -0.396 e. The Morgan fingerprint density at radius 2 is 1.86 bits per heavy atom. The van der Waals surface area contributed by atoms with Gasteiger partial charge in [0.15, 0.2) is 0 Å². The summed E-state index contributed by atoms with van der Waals surface area (Å²) in [5.74, 6) is 0.280. The molecule has 2 saturated carbocycles. The zero-order valence-electron chi connectivity index (χ0n) is 13.6. The molecular formula is C19H27NO2. The van der Waals surface area contributed by atoms with Crippen LogP contribution in [0, 0.1) is 16.7 Å². The number of nitrogens with two attached hydrogens (primary N) is 1. The van der Waals surface area contributed by atoms with Gasteiger partial charge in [0, 0.05) is 12.0 Å². The molecule has 0 spiro atoms. The van der Waals surface area contributed by atoms with Gasteiger partial charge in [-0.3, -0.25) is 4.79 Å². The molecule has 3 rings (SSSR count). The molecule has 2 aliphatic rings. The van der Waals surface area contributed by atoms with E-state index in [4.69, 9.17) is 5.73 Å². The maximum atomic E-state index is 12.1. The van der Waals surface area contributed by atoms with Crippen molar-refractivity contribution in [1.29, 1.82) is 0 Å². The van der Waals surface area contributed by atoms with Gasteiger partial charge in [-0.25, -0.2) is 0 Å². The lowest BCUT2D eigenvalue weighted by molar-refractivity contribution is -0.135. The van der Waals surface area contributed by atoms with Crippen LogP contribution in [-0.4, -0.2) is 17.6 Å². The summed E-state index contributed by atoms with van der Waals surface area (Å²) in [6.45, 7) is 4.43. The van der Waals surface area contributed by atoms with Crippen molar-refractivity contribution in [2.75, 3.05) is 6.61 Å². The van der Waals surface area contributed by atoms with Gasteiger partial charge in [-0.2, -0.15) is 0 Å². The topological polar surface area (TPSA) is 63.3 Å². The van der Waals surface area contributed by atoms with Gasteiger partial charge in [-0.1, -0.05) is 44.2 Å². The summed E-state index contributed by atoms with van der Waals surface area (Å²) in [4.78, 5) is 12.1. The Kier molecular flexibility index (Phi) is 3.59. The van der Waals surface area contributed by atoms with Crippen LogP contribution in [0.2, 0.25) is 0 Å². The number of rotatable bonds is 3. The number of hydrogen-bond donors (Lipinski definition) is 2. The summed E-state index contributed by atoms with van der Waals surface area (Å²) < 4.78 is 0. The van der Waals surface area contributed by atoms with Crippen LogP contribution >= 0.6 is 0 Å². The van der Waals surface area contributed by atoms with Crippen LogP contribution in [0.25, 0.3) is 0 Å². The van der Waals surface area contributed by atoms with Gasteiger partial charge in [0.25, 0.3) is 0 Å². The summed E-state index contributed by atoms with van der Waals surface area (Å²) in [7, 11) is 0. The molecule has 0 aromatic heterocycles. The fourth-order valence-electron chi connectivity index (χ4n) is 5.44. The third-order valence-electron chi connectivity index (χ3n) is 6.06. The number of aliphatic hydroxyl groups excluding tert-OH is 1. The van der Waals surface area contributed by atoms with Crippen LogP contribution in [-0.2, 0) is 10.2 Å². The van der Waals surface area contributed by atoms with Gasteiger partial charge in [0.05, 0.1) is 0 Å². The lowest BCUT2D eigenvalue weighted by atomic mass is 9.47. The highest BCUT2D eigenvalue weighted by molar-refractivity contribution is 5.80. The van der Waals surface area contributed by atoms with E-state index < -0.39 is 5.41 Å². The first-order chi connectivity index (χ1) is 10.3. The number of carbonyl (C=O) groups is 1. The van der Waals surface area contributed by atoms with E-state index in [2.05, 4.69) is 31.2 Å². The molecule has 2 aliphatic carbocycles. The highest BCUT2D eigenvalue weighted by atomic mass is 16.3. The number of hydrogen-bond acceptors (Lipinski definition) is 2. The SMILES string of the molecule is CC1(CO)CC2CC(C)(C(N)=O)CC(c3ccccc3)(C2)C1. The first-order valence-electron chi connectivity index (χ1n) is 8.27. The zero-order valence-corrected chi connectivity index (χ0v) is 13.6. The third-order valence-corrected chi connectivity index (χ3v) is 6.06. The largest absolute Gasteiger partial charge is 0.396 e.